The summed E-state index contributed by atoms with van der Waals surface area (Å²) in [4.78, 5) is 0. The van der Waals surface area contributed by atoms with Crippen LogP contribution in [-0.2, 0) is 6.54 Å². The Morgan fingerprint density at radius 2 is 2.05 bits per heavy atom. The number of hydrogen-bond donors (Lipinski definition) is 1. The predicted octanol–water partition coefficient (Wildman–Crippen LogP) is 3.80. The van der Waals surface area contributed by atoms with E-state index >= 15 is 0 Å². The predicted molar refractivity (Wildman–Crippen MR) is 77.5 cm³/mol. The summed E-state index contributed by atoms with van der Waals surface area (Å²) in [6.45, 7) is 5.42. The summed E-state index contributed by atoms with van der Waals surface area (Å²) in [7, 11) is 0. The van der Waals surface area contributed by atoms with Gasteiger partial charge >= 0.3 is 0 Å². The maximum absolute atomic E-state index is 8.72. The van der Waals surface area contributed by atoms with E-state index in [1.807, 2.05) is 30.3 Å². The molecule has 0 saturated heterocycles. The molecule has 0 radical (unpaired) electrons. The SMILES string of the molecule is CC(C)COc1ccccc1NCc1ccc(C#N)o1. The highest BCUT2D eigenvalue weighted by molar-refractivity contribution is 5.56. The Bertz CT molecular complexity index is 597. The molecule has 104 valence electrons. The molecular weight excluding hydrogens is 252 g/mol. The Morgan fingerprint density at radius 3 is 2.75 bits per heavy atom. The largest absolute Gasteiger partial charge is 0.491 e. The van der Waals surface area contributed by atoms with Crippen molar-refractivity contribution in [1.29, 1.82) is 5.26 Å². The second-order valence-electron chi connectivity index (χ2n) is 4.93. The van der Waals surface area contributed by atoms with Gasteiger partial charge in [0.05, 0.1) is 18.8 Å². The number of furan rings is 1. The summed E-state index contributed by atoms with van der Waals surface area (Å²) >= 11 is 0. The van der Waals surface area contributed by atoms with E-state index in [9.17, 15) is 0 Å². The van der Waals surface area contributed by atoms with Crippen LogP contribution in [0.4, 0.5) is 5.69 Å². The molecule has 0 fully saturated rings. The molecule has 20 heavy (non-hydrogen) atoms. The van der Waals surface area contributed by atoms with Crippen molar-refractivity contribution in [2.45, 2.75) is 20.4 Å². The topological polar surface area (TPSA) is 58.2 Å². The van der Waals surface area contributed by atoms with Crippen molar-refractivity contribution in [2.24, 2.45) is 5.92 Å². The third-order valence-electron chi connectivity index (χ3n) is 2.68. The zero-order chi connectivity index (χ0) is 14.4. The molecule has 1 aromatic heterocycles. The van der Waals surface area contributed by atoms with Crippen molar-refractivity contribution < 1.29 is 9.15 Å². The van der Waals surface area contributed by atoms with Crippen molar-refractivity contribution in [3.05, 3.63) is 47.9 Å². The molecule has 0 saturated carbocycles. The number of anilines is 1. The first-order chi connectivity index (χ1) is 9.69. The molecule has 0 bridgehead atoms. The fourth-order valence-electron chi connectivity index (χ4n) is 1.71. The lowest BCUT2D eigenvalue weighted by atomic mass is 10.2. The lowest BCUT2D eigenvalue weighted by Gasteiger charge is -2.13. The highest BCUT2D eigenvalue weighted by Crippen LogP contribution is 2.25. The normalized spacial score (nSPS) is 10.3. The third-order valence-corrected chi connectivity index (χ3v) is 2.68. The van der Waals surface area contributed by atoms with Crippen molar-refractivity contribution in [2.75, 3.05) is 11.9 Å². The van der Waals surface area contributed by atoms with E-state index in [-0.39, 0.29) is 0 Å². The Morgan fingerprint density at radius 1 is 1.25 bits per heavy atom. The Labute approximate surface area is 119 Å². The number of hydrogen-bond acceptors (Lipinski definition) is 4. The van der Waals surface area contributed by atoms with E-state index in [0.717, 1.165) is 17.2 Å². The minimum atomic E-state index is 0.325. The van der Waals surface area contributed by atoms with E-state index in [1.165, 1.54) is 0 Å². The molecule has 0 spiro atoms. The molecule has 4 nitrogen and oxygen atoms in total. The monoisotopic (exact) mass is 270 g/mol. The summed E-state index contributed by atoms with van der Waals surface area (Å²) < 4.78 is 11.1. The number of nitriles is 1. The van der Waals surface area contributed by atoms with E-state index in [4.69, 9.17) is 14.4 Å². The molecule has 2 rings (SSSR count). The third kappa shape index (κ3) is 3.79. The van der Waals surface area contributed by atoms with Crippen LogP contribution >= 0.6 is 0 Å². The number of rotatable bonds is 6. The first-order valence-corrected chi connectivity index (χ1v) is 6.63. The number of benzene rings is 1. The van der Waals surface area contributed by atoms with Gasteiger partial charge < -0.3 is 14.5 Å². The molecule has 4 heteroatoms. The molecule has 1 aromatic carbocycles. The van der Waals surface area contributed by atoms with Gasteiger partial charge in [-0.05, 0) is 30.2 Å². The second kappa shape index (κ2) is 6.67. The average molecular weight is 270 g/mol. The number of para-hydroxylation sites is 2. The standard InChI is InChI=1S/C16H18N2O2/c1-12(2)11-19-16-6-4-3-5-15(16)18-10-14-8-7-13(9-17)20-14/h3-8,12,18H,10-11H2,1-2H3. The van der Waals surface area contributed by atoms with Crippen LogP contribution in [0.3, 0.4) is 0 Å². The van der Waals surface area contributed by atoms with Crippen LogP contribution in [0.5, 0.6) is 5.75 Å². The minimum Gasteiger partial charge on any atom is -0.491 e. The minimum absolute atomic E-state index is 0.325. The maximum atomic E-state index is 8.72. The van der Waals surface area contributed by atoms with Crippen molar-refractivity contribution >= 4 is 5.69 Å². The smallest absolute Gasteiger partial charge is 0.203 e. The van der Waals surface area contributed by atoms with Crippen molar-refractivity contribution in [3.8, 4) is 11.8 Å². The zero-order valence-corrected chi connectivity index (χ0v) is 11.7. The Kier molecular flexibility index (Phi) is 4.67. The summed E-state index contributed by atoms with van der Waals surface area (Å²) in [5.74, 6) is 2.35. The molecule has 0 amide bonds. The van der Waals surface area contributed by atoms with Crippen molar-refractivity contribution in [3.63, 3.8) is 0 Å². The molecule has 0 unspecified atom stereocenters. The van der Waals surface area contributed by atoms with Crippen LogP contribution in [0, 0.1) is 17.2 Å². The van der Waals surface area contributed by atoms with Crippen LogP contribution < -0.4 is 10.1 Å². The lowest BCUT2D eigenvalue weighted by molar-refractivity contribution is 0.272. The van der Waals surface area contributed by atoms with Gasteiger partial charge in [0, 0.05) is 0 Å². The van der Waals surface area contributed by atoms with E-state index in [0.29, 0.717) is 24.8 Å². The number of ether oxygens (including phenoxy) is 1. The summed E-state index contributed by atoms with van der Waals surface area (Å²) in [6, 6.07) is 13.2. The molecule has 1 heterocycles. The summed E-state index contributed by atoms with van der Waals surface area (Å²) in [6.07, 6.45) is 0. The van der Waals surface area contributed by atoms with Crippen LogP contribution in [0.2, 0.25) is 0 Å². The van der Waals surface area contributed by atoms with Gasteiger partial charge in [-0.15, -0.1) is 0 Å². The summed E-state index contributed by atoms with van der Waals surface area (Å²) in [5, 5.41) is 12.0. The van der Waals surface area contributed by atoms with Crippen LogP contribution in [0.15, 0.2) is 40.8 Å². The van der Waals surface area contributed by atoms with Crippen LogP contribution in [0.25, 0.3) is 0 Å². The molecular formula is C16H18N2O2. The van der Waals surface area contributed by atoms with Gasteiger partial charge in [-0.25, -0.2) is 0 Å². The van der Waals surface area contributed by atoms with Gasteiger partial charge in [0.2, 0.25) is 5.76 Å². The molecule has 0 atom stereocenters. The Balaban J connectivity index is 2.00. The fraction of sp³-hybridized carbons (Fsp3) is 0.312. The Hall–Kier alpha value is -2.41. The van der Waals surface area contributed by atoms with Gasteiger partial charge in [-0.2, -0.15) is 5.26 Å². The first-order valence-electron chi connectivity index (χ1n) is 6.63. The lowest BCUT2D eigenvalue weighted by Crippen LogP contribution is -2.07. The zero-order valence-electron chi connectivity index (χ0n) is 11.7. The van der Waals surface area contributed by atoms with E-state index in [2.05, 4.69) is 19.2 Å². The molecule has 0 aliphatic heterocycles. The second-order valence-corrected chi connectivity index (χ2v) is 4.93. The maximum Gasteiger partial charge on any atom is 0.203 e. The van der Waals surface area contributed by atoms with E-state index in [1.54, 1.807) is 12.1 Å². The fourth-order valence-corrected chi connectivity index (χ4v) is 1.71. The average Bonchev–Trinajstić information content (AvgIpc) is 2.91. The first kappa shape index (κ1) is 14.0. The highest BCUT2D eigenvalue weighted by atomic mass is 16.5. The number of nitrogens with one attached hydrogen (secondary N) is 1. The van der Waals surface area contributed by atoms with Gasteiger partial charge in [0.15, 0.2) is 0 Å². The van der Waals surface area contributed by atoms with Crippen LogP contribution in [-0.4, -0.2) is 6.61 Å². The van der Waals surface area contributed by atoms with E-state index < -0.39 is 0 Å². The highest BCUT2D eigenvalue weighted by Gasteiger charge is 2.06. The van der Waals surface area contributed by atoms with Gasteiger partial charge in [0.25, 0.3) is 0 Å². The summed E-state index contributed by atoms with van der Waals surface area (Å²) in [5.41, 5.74) is 0.919. The quantitative estimate of drug-likeness (QED) is 0.867. The van der Waals surface area contributed by atoms with Gasteiger partial charge in [-0.1, -0.05) is 26.0 Å². The molecule has 1 N–H and O–H groups in total. The molecule has 0 aliphatic rings. The van der Waals surface area contributed by atoms with Crippen molar-refractivity contribution in [1.82, 2.24) is 0 Å². The van der Waals surface area contributed by atoms with Crippen LogP contribution in [0.1, 0.15) is 25.4 Å². The van der Waals surface area contributed by atoms with Gasteiger partial charge in [-0.3, -0.25) is 0 Å². The number of nitrogens with zero attached hydrogens (tertiary/aromatic N) is 1. The molecule has 2 aromatic rings. The molecule has 0 aliphatic carbocycles. The van der Waals surface area contributed by atoms with Gasteiger partial charge in [0.1, 0.15) is 17.6 Å².